The molecule has 0 aromatic heterocycles. The van der Waals surface area contributed by atoms with Crippen LogP contribution in [0, 0.1) is 0 Å². The first-order chi connectivity index (χ1) is 8.36. The maximum Gasteiger partial charge on any atom is 0.407 e. The van der Waals surface area contributed by atoms with E-state index in [1.54, 1.807) is 13.8 Å². The van der Waals surface area contributed by atoms with Gasteiger partial charge in [0.2, 0.25) is 0 Å². The fourth-order valence-electron chi connectivity index (χ4n) is 1.64. The Labute approximate surface area is 104 Å². The molecule has 0 radical (unpaired) electrons. The minimum atomic E-state index is -1.54. The molecule has 0 bridgehead atoms. The van der Waals surface area contributed by atoms with Crippen LogP contribution in [0.1, 0.15) is 13.8 Å². The predicted octanol–water partition coefficient (Wildman–Crippen LogP) is -2.08. The second-order valence-electron chi connectivity index (χ2n) is 4.35. The number of rotatable bonds is 3. The lowest BCUT2D eigenvalue weighted by molar-refractivity contribution is -0.253. The van der Waals surface area contributed by atoms with Crippen molar-refractivity contribution in [3.05, 3.63) is 0 Å². The molecular weight excluding hydrogens is 246 g/mol. The zero-order valence-corrected chi connectivity index (χ0v) is 10.2. The Bertz CT molecular complexity index is 285. The summed E-state index contributed by atoms with van der Waals surface area (Å²) >= 11 is 0. The van der Waals surface area contributed by atoms with E-state index in [2.05, 4.69) is 5.32 Å². The van der Waals surface area contributed by atoms with E-state index < -0.39 is 43.3 Å². The quantitative estimate of drug-likeness (QED) is 0.396. The van der Waals surface area contributed by atoms with Gasteiger partial charge < -0.3 is 35.2 Å². The monoisotopic (exact) mass is 265 g/mol. The standard InChI is InChI=1S/C10H19NO7/c1-4(2)17-10(16)11-6-8(14)7(13)5(3-12)18-9(6)15/h4-9,12-15H,3H2,1-2H3,(H,11,16). The Kier molecular flexibility index (Phi) is 5.29. The van der Waals surface area contributed by atoms with Gasteiger partial charge in [-0.15, -0.1) is 0 Å². The zero-order valence-electron chi connectivity index (χ0n) is 10.2. The molecule has 0 aromatic carbocycles. The van der Waals surface area contributed by atoms with Crippen LogP contribution < -0.4 is 5.32 Å². The molecular formula is C10H19NO7. The Hall–Kier alpha value is -0.930. The molecule has 1 fully saturated rings. The van der Waals surface area contributed by atoms with E-state index in [-0.39, 0.29) is 6.10 Å². The van der Waals surface area contributed by atoms with E-state index in [4.69, 9.17) is 14.6 Å². The van der Waals surface area contributed by atoms with Gasteiger partial charge >= 0.3 is 6.09 Å². The number of hydrogen-bond donors (Lipinski definition) is 5. The zero-order chi connectivity index (χ0) is 13.9. The van der Waals surface area contributed by atoms with Gasteiger partial charge in [-0.1, -0.05) is 0 Å². The highest BCUT2D eigenvalue weighted by Gasteiger charge is 2.44. The summed E-state index contributed by atoms with van der Waals surface area (Å²) in [6.45, 7) is 2.72. The maximum atomic E-state index is 11.3. The van der Waals surface area contributed by atoms with Crippen molar-refractivity contribution in [3.63, 3.8) is 0 Å². The van der Waals surface area contributed by atoms with Gasteiger partial charge in [-0.05, 0) is 13.8 Å². The van der Waals surface area contributed by atoms with E-state index in [0.29, 0.717) is 0 Å². The van der Waals surface area contributed by atoms with Crippen LogP contribution in [0.3, 0.4) is 0 Å². The van der Waals surface area contributed by atoms with Crippen molar-refractivity contribution in [2.24, 2.45) is 0 Å². The smallest absolute Gasteiger partial charge is 0.407 e. The van der Waals surface area contributed by atoms with Gasteiger partial charge in [0, 0.05) is 0 Å². The Balaban J connectivity index is 2.62. The van der Waals surface area contributed by atoms with Crippen molar-refractivity contribution in [2.45, 2.75) is 50.6 Å². The van der Waals surface area contributed by atoms with E-state index in [9.17, 15) is 20.1 Å². The van der Waals surface area contributed by atoms with Gasteiger partial charge in [-0.25, -0.2) is 4.79 Å². The Morgan fingerprint density at radius 2 is 1.94 bits per heavy atom. The van der Waals surface area contributed by atoms with E-state index >= 15 is 0 Å². The normalized spacial score (nSPS) is 36.5. The minimum absolute atomic E-state index is 0.362. The molecule has 106 valence electrons. The predicted molar refractivity (Wildman–Crippen MR) is 58.5 cm³/mol. The molecule has 5 N–H and O–H groups in total. The summed E-state index contributed by atoms with van der Waals surface area (Å²) in [6, 6.07) is -1.23. The summed E-state index contributed by atoms with van der Waals surface area (Å²) in [7, 11) is 0. The third-order valence-electron chi connectivity index (χ3n) is 2.53. The van der Waals surface area contributed by atoms with Crippen molar-refractivity contribution >= 4 is 6.09 Å². The molecule has 1 rings (SSSR count). The van der Waals surface area contributed by atoms with E-state index in [1.807, 2.05) is 0 Å². The Morgan fingerprint density at radius 3 is 2.44 bits per heavy atom. The van der Waals surface area contributed by atoms with Crippen LogP contribution in [0.5, 0.6) is 0 Å². The average molecular weight is 265 g/mol. The van der Waals surface area contributed by atoms with Crippen LogP contribution in [0.25, 0.3) is 0 Å². The van der Waals surface area contributed by atoms with E-state index in [1.165, 1.54) is 0 Å². The molecule has 8 heteroatoms. The first-order valence-electron chi connectivity index (χ1n) is 5.64. The number of alkyl carbamates (subject to hydrolysis) is 1. The lowest BCUT2D eigenvalue weighted by Gasteiger charge is -2.40. The topological polar surface area (TPSA) is 128 Å². The molecule has 18 heavy (non-hydrogen) atoms. The van der Waals surface area contributed by atoms with E-state index in [0.717, 1.165) is 0 Å². The molecule has 0 saturated carbocycles. The van der Waals surface area contributed by atoms with Crippen LogP contribution in [0.15, 0.2) is 0 Å². The summed E-state index contributed by atoms with van der Waals surface area (Å²) in [6.07, 6.45) is -6.73. The maximum absolute atomic E-state index is 11.3. The van der Waals surface area contributed by atoms with Gasteiger partial charge in [-0.2, -0.15) is 0 Å². The molecule has 0 aromatic rings. The van der Waals surface area contributed by atoms with Gasteiger partial charge in [0.05, 0.1) is 12.7 Å². The third-order valence-corrected chi connectivity index (χ3v) is 2.53. The van der Waals surface area contributed by atoms with Crippen molar-refractivity contribution in [1.29, 1.82) is 0 Å². The first kappa shape index (κ1) is 15.1. The van der Waals surface area contributed by atoms with Crippen LogP contribution in [-0.2, 0) is 9.47 Å². The van der Waals surface area contributed by atoms with Gasteiger partial charge in [0.15, 0.2) is 6.29 Å². The van der Waals surface area contributed by atoms with Crippen LogP contribution in [0.4, 0.5) is 4.79 Å². The van der Waals surface area contributed by atoms with Crippen molar-refractivity contribution < 1.29 is 34.7 Å². The summed E-state index contributed by atoms with van der Waals surface area (Å²) in [5.41, 5.74) is 0. The van der Waals surface area contributed by atoms with Crippen LogP contribution in [-0.4, -0.2) is 69.9 Å². The fraction of sp³-hybridized carbons (Fsp3) is 0.900. The molecule has 1 aliphatic heterocycles. The molecule has 5 atom stereocenters. The summed E-state index contributed by atoms with van der Waals surface area (Å²) in [5, 5.41) is 39.9. The molecule has 1 aliphatic rings. The second kappa shape index (κ2) is 6.30. The van der Waals surface area contributed by atoms with Crippen molar-refractivity contribution in [3.8, 4) is 0 Å². The number of aliphatic hydroxyl groups excluding tert-OH is 4. The fourth-order valence-corrected chi connectivity index (χ4v) is 1.64. The summed E-state index contributed by atoms with van der Waals surface area (Å²) in [4.78, 5) is 11.3. The van der Waals surface area contributed by atoms with Crippen molar-refractivity contribution in [2.75, 3.05) is 6.61 Å². The minimum Gasteiger partial charge on any atom is -0.447 e. The number of nitrogens with one attached hydrogen (secondary N) is 1. The van der Waals surface area contributed by atoms with Crippen LogP contribution >= 0.6 is 0 Å². The number of carbonyl (C=O) groups excluding carboxylic acids is 1. The summed E-state index contributed by atoms with van der Waals surface area (Å²) in [5.74, 6) is 0. The van der Waals surface area contributed by atoms with Gasteiger partial charge in [0.1, 0.15) is 24.4 Å². The number of carbonyl (C=O) groups is 1. The lowest BCUT2D eigenvalue weighted by atomic mass is 9.97. The van der Waals surface area contributed by atoms with Gasteiger partial charge in [0.25, 0.3) is 0 Å². The molecule has 1 amide bonds. The van der Waals surface area contributed by atoms with Crippen LogP contribution in [0.2, 0.25) is 0 Å². The number of hydrogen-bond acceptors (Lipinski definition) is 7. The molecule has 0 aliphatic carbocycles. The number of amides is 1. The molecule has 0 spiro atoms. The average Bonchev–Trinajstić information content (AvgIpc) is 2.28. The highest BCUT2D eigenvalue weighted by atomic mass is 16.6. The molecule has 8 nitrogen and oxygen atoms in total. The molecule has 1 heterocycles. The number of ether oxygens (including phenoxy) is 2. The van der Waals surface area contributed by atoms with Crippen molar-refractivity contribution in [1.82, 2.24) is 5.32 Å². The highest BCUT2D eigenvalue weighted by molar-refractivity contribution is 5.68. The third kappa shape index (κ3) is 3.53. The second-order valence-corrected chi connectivity index (χ2v) is 4.35. The Morgan fingerprint density at radius 1 is 1.33 bits per heavy atom. The lowest BCUT2D eigenvalue weighted by Crippen LogP contribution is -2.64. The molecule has 1 saturated heterocycles. The SMILES string of the molecule is CC(C)OC(=O)NC1C(O)OC(CO)C(O)C1O. The highest BCUT2D eigenvalue weighted by Crippen LogP contribution is 2.19. The first-order valence-corrected chi connectivity index (χ1v) is 5.64. The molecule has 5 unspecified atom stereocenters. The van der Waals surface area contributed by atoms with Gasteiger partial charge in [-0.3, -0.25) is 0 Å². The number of aliphatic hydroxyl groups is 4. The largest absolute Gasteiger partial charge is 0.447 e. The summed E-state index contributed by atoms with van der Waals surface area (Å²) < 4.78 is 9.64.